The molecule has 45 heavy (non-hydrogen) atoms. The highest BCUT2D eigenvalue weighted by Crippen LogP contribution is 2.40. The van der Waals surface area contributed by atoms with Crippen LogP contribution >= 0.6 is 0 Å². The summed E-state index contributed by atoms with van der Waals surface area (Å²) in [7, 11) is 1.76. The van der Waals surface area contributed by atoms with Crippen LogP contribution in [0.15, 0.2) is 30.5 Å². The van der Waals surface area contributed by atoms with Gasteiger partial charge in [-0.2, -0.15) is 9.97 Å². The molecule has 2 atom stereocenters. The van der Waals surface area contributed by atoms with Gasteiger partial charge in [-0.25, -0.2) is 13.2 Å². The predicted octanol–water partition coefficient (Wildman–Crippen LogP) is 4.33. The Labute approximate surface area is 257 Å². The zero-order valence-corrected chi connectivity index (χ0v) is 25.1. The van der Waals surface area contributed by atoms with Crippen molar-refractivity contribution in [3.05, 3.63) is 47.7 Å². The first-order valence-corrected chi connectivity index (χ1v) is 14.9. The fraction of sp³-hybridized carbons (Fsp3) is 0.438. The second-order valence-electron chi connectivity index (χ2n) is 12.3. The minimum atomic E-state index is -1.18. The normalized spacial score (nSPS) is 20.8. The van der Waals surface area contributed by atoms with E-state index in [0.29, 0.717) is 36.6 Å². The van der Waals surface area contributed by atoms with Crippen molar-refractivity contribution >= 4 is 34.0 Å². The number of ether oxygens (including phenoxy) is 2. The lowest BCUT2D eigenvalue weighted by Gasteiger charge is -2.42. The Balaban J connectivity index is 1.52. The molecule has 2 aromatic heterocycles. The quantitative estimate of drug-likeness (QED) is 0.163. The molecule has 4 aromatic rings. The van der Waals surface area contributed by atoms with Crippen LogP contribution in [0.4, 0.5) is 19.0 Å². The van der Waals surface area contributed by atoms with Crippen LogP contribution in [0.2, 0.25) is 0 Å². The van der Waals surface area contributed by atoms with Crippen LogP contribution in [0, 0.1) is 11.6 Å². The summed E-state index contributed by atoms with van der Waals surface area (Å²) in [4.78, 5) is 25.8. The first-order chi connectivity index (χ1) is 21.5. The number of hydrogen-bond acceptors (Lipinski definition) is 10. The van der Waals surface area contributed by atoms with Gasteiger partial charge in [0.15, 0.2) is 5.82 Å². The summed E-state index contributed by atoms with van der Waals surface area (Å²) in [6, 6.07) is 5.44. The van der Waals surface area contributed by atoms with Crippen molar-refractivity contribution in [1.29, 1.82) is 0 Å². The van der Waals surface area contributed by atoms with Crippen molar-refractivity contribution in [2.24, 2.45) is 5.73 Å². The van der Waals surface area contributed by atoms with Crippen LogP contribution < -0.4 is 20.7 Å². The lowest BCUT2D eigenvalue weighted by Crippen LogP contribution is -2.57. The zero-order valence-electron chi connectivity index (χ0n) is 25.1. The van der Waals surface area contributed by atoms with E-state index in [9.17, 15) is 9.90 Å². The fourth-order valence-corrected chi connectivity index (χ4v) is 6.03. The Kier molecular flexibility index (Phi) is 8.16. The van der Waals surface area contributed by atoms with Crippen LogP contribution in [0.25, 0.3) is 32.9 Å². The molecule has 6 rings (SSSR count). The number of piperidine rings is 1. The van der Waals surface area contributed by atoms with Gasteiger partial charge >= 0.3 is 6.01 Å². The van der Waals surface area contributed by atoms with E-state index in [1.165, 1.54) is 30.5 Å². The smallest absolute Gasteiger partial charge is 0.319 e. The number of aryl methyl sites for hydroxylation is 1. The topological polar surface area (TPSA) is 136 Å². The maximum absolute atomic E-state index is 16.7. The summed E-state index contributed by atoms with van der Waals surface area (Å²) in [6.07, 6.45) is 2.57. The third kappa shape index (κ3) is 6.19. The van der Waals surface area contributed by atoms with Gasteiger partial charge in [-0.15, -0.1) is 0 Å². The highest BCUT2D eigenvalue weighted by molar-refractivity contribution is 6.01. The van der Waals surface area contributed by atoms with Gasteiger partial charge in [-0.1, -0.05) is 6.07 Å². The van der Waals surface area contributed by atoms with Crippen molar-refractivity contribution < 1.29 is 32.5 Å². The Bertz CT molecular complexity index is 1770. The molecular formula is C32H35F3N6O4. The Hall–Kier alpha value is -4.23. The highest BCUT2D eigenvalue weighted by atomic mass is 19.1. The largest absolute Gasteiger partial charge is 0.508 e. The molecule has 2 aromatic carbocycles. The summed E-state index contributed by atoms with van der Waals surface area (Å²) >= 11 is 0. The standard InChI is InChI=1S/C32H35F3N6O4/c1-31(37-2)12-19(33)14-41(15-31)29-23-13-38-27(26(35)28(23)39-30(40-29)45-16-32(36)7-8-32)22-11-20(43)10-18-5-6-24(34)21(25(18)22)4-3-9-44-17-42/h5-6,10-11,13,17,19,37,43H,3-4,7-9,12,14-16,36H2,1-2H3. The molecule has 0 bridgehead atoms. The number of aromatic hydroxyl groups is 1. The number of fused-ring (bicyclic) bond motifs is 2. The van der Waals surface area contributed by atoms with Gasteiger partial charge in [0.2, 0.25) is 0 Å². The first kappa shape index (κ1) is 30.8. The van der Waals surface area contributed by atoms with Gasteiger partial charge in [-0.3, -0.25) is 9.78 Å². The lowest BCUT2D eigenvalue weighted by molar-refractivity contribution is -0.128. The summed E-state index contributed by atoms with van der Waals surface area (Å²) in [6.45, 7) is 2.84. The average molecular weight is 625 g/mol. The number of nitrogens with one attached hydrogen (secondary N) is 1. The SMILES string of the molecule is CNC1(C)CC(F)CN(c2nc(OCC3(N)CC3)nc3c(F)c(-c4cc(O)cc5ccc(F)c(CCCOC=O)c45)ncc23)C1. The Morgan fingerprint density at radius 2 is 2.04 bits per heavy atom. The molecule has 238 valence electrons. The van der Waals surface area contributed by atoms with Crippen LogP contribution in [0.1, 0.15) is 38.2 Å². The number of rotatable bonds is 11. The molecule has 2 fully saturated rings. The molecule has 3 heterocycles. The van der Waals surface area contributed by atoms with E-state index in [4.69, 9.17) is 15.2 Å². The molecular weight excluding hydrogens is 589 g/mol. The Morgan fingerprint density at radius 1 is 1.24 bits per heavy atom. The second-order valence-corrected chi connectivity index (χ2v) is 12.3. The monoisotopic (exact) mass is 624 g/mol. The molecule has 2 aliphatic rings. The van der Waals surface area contributed by atoms with Crippen molar-refractivity contribution in [2.75, 3.05) is 38.3 Å². The van der Waals surface area contributed by atoms with E-state index in [-0.39, 0.29) is 71.5 Å². The van der Waals surface area contributed by atoms with Crippen LogP contribution in [-0.2, 0) is 16.0 Å². The molecule has 1 aliphatic carbocycles. The minimum absolute atomic E-state index is 0.0284. The number of anilines is 1. The molecule has 0 spiro atoms. The third-order valence-electron chi connectivity index (χ3n) is 8.72. The summed E-state index contributed by atoms with van der Waals surface area (Å²) in [5.74, 6) is -1.27. The minimum Gasteiger partial charge on any atom is -0.508 e. The number of nitrogens with two attached hydrogens (primary N) is 1. The van der Waals surface area contributed by atoms with Gasteiger partial charge < -0.3 is 30.5 Å². The molecule has 10 nitrogen and oxygen atoms in total. The van der Waals surface area contributed by atoms with Crippen LogP contribution in [0.3, 0.4) is 0 Å². The zero-order chi connectivity index (χ0) is 31.9. The average Bonchev–Trinajstić information content (AvgIpc) is 3.75. The summed E-state index contributed by atoms with van der Waals surface area (Å²) in [5.41, 5.74) is 5.27. The number of phenolic OH excluding ortho intramolecular Hbond substituents is 1. The summed E-state index contributed by atoms with van der Waals surface area (Å²) < 4.78 is 57.6. The number of pyridine rings is 1. The molecule has 4 N–H and O–H groups in total. The number of halogens is 3. The summed E-state index contributed by atoms with van der Waals surface area (Å²) in [5, 5.41) is 14.8. The number of carbonyl (C=O) groups excluding carboxylic acids is 1. The van der Waals surface area contributed by atoms with Gasteiger partial charge in [0.05, 0.1) is 24.1 Å². The number of nitrogens with zero attached hydrogens (tertiary/aromatic N) is 4. The molecule has 1 saturated heterocycles. The number of alkyl halides is 1. The maximum Gasteiger partial charge on any atom is 0.319 e. The van der Waals surface area contributed by atoms with Crippen LogP contribution in [-0.4, -0.2) is 77.1 Å². The van der Waals surface area contributed by atoms with Gasteiger partial charge in [0.1, 0.15) is 41.4 Å². The predicted molar refractivity (Wildman–Crippen MR) is 163 cm³/mol. The number of carbonyl (C=O) groups is 1. The molecule has 1 saturated carbocycles. The van der Waals surface area contributed by atoms with E-state index in [1.807, 2.05) is 6.92 Å². The first-order valence-electron chi connectivity index (χ1n) is 14.9. The molecule has 1 aliphatic heterocycles. The van der Waals surface area contributed by atoms with Crippen molar-refractivity contribution in [3.63, 3.8) is 0 Å². The van der Waals surface area contributed by atoms with E-state index in [1.54, 1.807) is 11.9 Å². The molecule has 2 unspecified atom stereocenters. The lowest BCUT2D eigenvalue weighted by atomic mass is 9.90. The number of likely N-dealkylation sites (N-methyl/N-ethyl adjacent to an activating group) is 1. The Morgan fingerprint density at radius 3 is 2.78 bits per heavy atom. The van der Waals surface area contributed by atoms with E-state index in [2.05, 4.69) is 20.3 Å². The van der Waals surface area contributed by atoms with Gasteiger partial charge in [0.25, 0.3) is 6.47 Å². The van der Waals surface area contributed by atoms with Crippen molar-refractivity contribution in [1.82, 2.24) is 20.3 Å². The van der Waals surface area contributed by atoms with Gasteiger partial charge in [0, 0.05) is 23.8 Å². The number of aromatic nitrogens is 3. The molecule has 0 amide bonds. The third-order valence-corrected chi connectivity index (χ3v) is 8.72. The van der Waals surface area contributed by atoms with Crippen LogP contribution in [0.5, 0.6) is 11.8 Å². The van der Waals surface area contributed by atoms with Crippen molar-refractivity contribution in [3.8, 4) is 23.0 Å². The number of hydrogen-bond donors (Lipinski definition) is 3. The molecule has 13 heteroatoms. The fourth-order valence-electron chi connectivity index (χ4n) is 6.03. The van der Waals surface area contributed by atoms with E-state index in [0.717, 1.165) is 12.8 Å². The maximum atomic E-state index is 16.7. The van der Waals surface area contributed by atoms with Crippen molar-refractivity contribution in [2.45, 2.75) is 56.3 Å². The number of phenols is 1. The van der Waals surface area contributed by atoms with E-state index >= 15 is 13.2 Å². The van der Waals surface area contributed by atoms with E-state index < -0.39 is 28.9 Å². The number of benzene rings is 2. The second kappa shape index (κ2) is 11.9. The molecule has 0 radical (unpaired) electrons. The van der Waals surface area contributed by atoms with Gasteiger partial charge in [-0.05, 0) is 80.6 Å². The highest BCUT2D eigenvalue weighted by Gasteiger charge is 2.40.